The molecule has 1 atom stereocenters. The Bertz CT molecular complexity index is 530. The summed E-state index contributed by atoms with van der Waals surface area (Å²) in [4.78, 5) is 36.7. The number of carbonyl (C=O) groups excluding carboxylic acids is 1. The van der Waals surface area contributed by atoms with E-state index in [1.165, 1.54) is 10.8 Å². The van der Waals surface area contributed by atoms with Gasteiger partial charge in [0.15, 0.2) is 0 Å². The fourth-order valence-electron chi connectivity index (χ4n) is 1.50. The summed E-state index contributed by atoms with van der Waals surface area (Å²) in [6, 6.07) is 0.0709. The van der Waals surface area contributed by atoms with Crippen LogP contribution in [0.4, 0.5) is 0 Å². The molecule has 18 heavy (non-hydrogen) atoms. The van der Waals surface area contributed by atoms with Crippen LogP contribution >= 0.6 is 0 Å². The van der Waals surface area contributed by atoms with Crippen molar-refractivity contribution in [1.29, 1.82) is 0 Å². The molecule has 6 nitrogen and oxygen atoms in total. The number of aryl methyl sites for hydroxylation is 1. The predicted molar refractivity (Wildman–Crippen MR) is 68.6 cm³/mol. The third kappa shape index (κ3) is 3.58. The smallest absolute Gasteiger partial charge is 0.328 e. The number of aromatic amines is 1. The Balaban J connectivity index is 2.88. The summed E-state index contributed by atoms with van der Waals surface area (Å²) < 4.78 is 1.22. The maximum atomic E-state index is 11.7. The summed E-state index contributed by atoms with van der Waals surface area (Å²) in [5.41, 5.74) is -0.455. The normalized spacial score (nSPS) is 12.2. The maximum Gasteiger partial charge on any atom is 0.328 e. The lowest BCUT2D eigenvalue weighted by Gasteiger charge is -2.12. The van der Waals surface area contributed by atoms with Gasteiger partial charge in [0.2, 0.25) is 5.91 Å². The van der Waals surface area contributed by atoms with Crippen molar-refractivity contribution in [3.63, 3.8) is 0 Å². The molecule has 100 valence electrons. The minimum absolute atomic E-state index is 0.0709. The third-order valence-electron chi connectivity index (χ3n) is 2.80. The molecule has 1 rings (SSSR count). The van der Waals surface area contributed by atoms with Crippen molar-refractivity contribution >= 4 is 5.91 Å². The van der Waals surface area contributed by atoms with Crippen LogP contribution in [-0.2, 0) is 17.8 Å². The van der Waals surface area contributed by atoms with Gasteiger partial charge >= 0.3 is 5.69 Å². The van der Waals surface area contributed by atoms with Crippen LogP contribution in [0.5, 0.6) is 0 Å². The quantitative estimate of drug-likeness (QED) is 0.775. The van der Waals surface area contributed by atoms with Gasteiger partial charge in [-0.3, -0.25) is 19.1 Å². The van der Waals surface area contributed by atoms with Gasteiger partial charge in [-0.1, -0.05) is 13.8 Å². The molecule has 0 aliphatic rings. The minimum atomic E-state index is -0.559. The van der Waals surface area contributed by atoms with Gasteiger partial charge in [0.05, 0.1) is 0 Å². The highest BCUT2D eigenvalue weighted by Crippen LogP contribution is 1.91. The van der Waals surface area contributed by atoms with Crippen molar-refractivity contribution in [2.24, 2.45) is 0 Å². The van der Waals surface area contributed by atoms with Gasteiger partial charge in [-0.25, -0.2) is 4.79 Å². The predicted octanol–water partition coefficient (Wildman–Crippen LogP) is 0.0137. The molecule has 2 N–H and O–H groups in total. The summed E-state index contributed by atoms with van der Waals surface area (Å²) in [6.07, 6.45) is 2.78. The molecule has 0 saturated heterocycles. The van der Waals surface area contributed by atoms with Crippen LogP contribution < -0.4 is 16.6 Å². The van der Waals surface area contributed by atoms with Crippen molar-refractivity contribution in [2.45, 2.75) is 46.2 Å². The zero-order valence-corrected chi connectivity index (χ0v) is 10.9. The Hall–Kier alpha value is -1.85. The fraction of sp³-hybridized carbons (Fsp3) is 0.583. The number of rotatable bonds is 5. The van der Waals surface area contributed by atoms with Crippen LogP contribution in [0.2, 0.25) is 0 Å². The number of aromatic nitrogens is 2. The van der Waals surface area contributed by atoms with Crippen LogP contribution in [0, 0.1) is 0 Å². The lowest BCUT2D eigenvalue weighted by atomic mass is 10.2. The fourth-order valence-corrected chi connectivity index (χ4v) is 1.50. The summed E-state index contributed by atoms with van der Waals surface area (Å²) in [5.74, 6) is -0.236. The molecule has 1 unspecified atom stereocenters. The Labute approximate surface area is 105 Å². The van der Waals surface area contributed by atoms with E-state index in [0.717, 1.165) is 6.42 Å². The largest absolute Gasteiger partial charge is 0.352 e. The zero-order chi connectivity index (χ0) is 13.7. The number of H-pyrrole nitrogens is 1. The highest BCUT2D eigenvalue weighted by Gasteiger charge is 2.09. The first-order chi connectivity index (χ1) is 8.47. The first-order valence-electron chi connectivity index (χ1n) is 6.09. The Morgan fingerprint density at radius 1 is 1.44 bits per heavy atom. The summed E-state index contributed by atoms with van der Waals surface area (Å²) >= 11 is 0. The van der Waals surface area contributed by atoms with Gasteiger partial charge in [0.1, 0.15) is 6.54 Å². The molecule has 0 saturated carbocycles. The monoisotopic (exact) mass is 253 g/mol. The summed E-state index contributed by atoms with van der Waals surface area (Å²) in [7, 11) is 0. The van der Waals surface area contributed by atoms with E-state index < -0.39 is 5.69 Å². The number of nitrogens with one attached hydrogen (secondary N) is 2. The molecule has 0 spiro atoms. The van der Waals surface area contributed by atoms with Gasteiger partial charge in [0, 0.05) is 17.8 Å². The van der Waals surface area contributed by atoms with E-state index >= 15 is 0 Å². The Kier molecular flexibility index (Phi) is 4.88. The molecule has 1 amide bonds. The van der Waals surface area contributed by atoms with Gasteiger partial charge in [-0.15, -0.1) is 0 Å². The van der Waals surface area contributed by atoms with Crippen molar-refractivity contribution < 1.29 is 4.79 Å². The number of hydrogen-bond donors (Lipinski definition) is 2. The molecule has 1 heterocycles. The standard InChI is InChI=1S/C12H19N3O3/c1-4-8(3)13-10(16)7-15-6-9(5-2)11(17)14-12(15)18/h6,8H,4-5,7H2,1-3H3,(H,13,16)(H,14,17,18). The average molecular weight is 253 g/mol. The molecule has 0 aliphatic carbocycles. The second kappa shape index (κ2) is 6.18. The number of amides is 1. The molecule has 1 aromatic rings. The van der Waals surface area contributed by atoms with Crippen molar-refractivity contribution in [2.75, 3.05) is 0 Å². The lowest BCUT2D eigenvalue weighted by Crippen LogP contribution is -2.39. The number of carbonyl (C=O) groups is 1. The van der Waals surface area contributed by atoms with Crippen LogP contribution in [0.15, 0.2) is 15.8 Å². The molecule has 0 aromatic carbocycles. The van der Waals surface area contributed by atoms with E-state index in [9.17, 15) is 14.4 Å². The van der Waals surface area contributed by atoms with E-state index in [-0.39, 0.29) is 24.1 Å². The second-order valence-corrected chi connectivity index (χ2v) is 4.27. The van der Waals surface area contributed by atoms with Gasteiger partial charge in [0.25, 0.3) is 5.56 Å². The average Bonchev–Trinajstić information content (AvgIpc) is 2.32. The van der Waals surface area contributed by atoms with Crippen LogP contribution in [0.3, 0.4) is 0 Å². The van der Waals surface area contributed by atoms with E-state index in [1.54, 1.807) is 0 Å². The molecule has 1 aromatic heterocycles. The Morgan fingerprint density at radius 2 is 2.11 bits per heavy atom. The molecule has 0 radical (unpaired) electrons. The van der Waals surface area contributed by atoms with Crippen molar-refractivity contribution in [1.82, 2.24) is 14.9 Å². The molecule has 0 aliphatic heterocycles. The SMILES string of the molecule is CCc1cn(CC(=O)NC(C)CC)c(=O)[nH]c1=O. The highest BCUT2D eigenvalue weighted by molar-refractivity contribution is 5.75. The van der Waals surface area contributed by atoms with Gasteiger partial charge < -0.3 is 5.32 Å². The van der Waals surface area contributed by atoms with Gasteiger partial charge in [-0.2, -0.15) is 0 Å². The Morgan fingerprint density at radius 3 is 2.67 bits per heavy atom. The van der Waals surface area contributed by atoms with Crippen molar-refractivity contribution in [3.8, 4) is 0 Å². The summed E-state index contributed by atoms with van der Waals surface area (Å²) in [6.45, 7) is 5.60. The van der Waals surface area contributed by atoms with Crippen LogP contribution in [0.1, 0.15) is 32.8 Å². The molecular formula is C12H19N3O3. The van der Waals surface area contributed by atoms with Crippen LogP contribution in [0.25, 0.3) is 0 Å². The summed E-state index contributed by atoms with van der Waals surface area (Å²) in [5, 5.41) is 2.77. The van der Waals surface area contributed by atoms with Gasteiger partial charge in [-0.05, 0) is 19.8 Å². The minimum Gasteiger partial charge on any atom is -0.352 e. The zero-order valence-electron chi connectivity index (χ0n) is 10.9. The van der Waals surface area contributed by atoms with E-state index in [4.69, 9.17) is 0 Å². The third-order valence-corrected chi connectivity index (χ3v) is 2.80. The van der Waals surface area contributed by atoms with E-state index in [1.807, 2.05) is 20.8 Å². The maximum absolute atomic E-state index is 11.7. The molecular weight excluding hydrogens is 234 g/mol. The number of nitrogens with zero attached hydrogens (tertiary/aromatic N) is 1. The first-order valence-corrected chi connectivity index (χ1v) is 6.09. The second-order valence-electron chi connectivity index (χ2n) is 4.27. The van der Waals surface area contributed by atoms with E-state index in [0.29, 0.717) is 12.0 Å². The molecule has 0 fully saturated rings. The van der Waals surface area contributed by atoms with Crippen molar-refractivity contribution in [3.05, 3.63) is 32.6 Å². The topological polar surface area (TPSA) is 84.0 Å². The lowest BCUT2D eigenvalue weighted by molar-refractivity contribution is -0.122. The molecule has 0 bridgehead atoms. The number of hydrogen-bond acceptors (Lipinski definition) is 3. The first kappa shape index (κ1) is 14.2. The van der Waals surface area contributed by atoms with Crippen LogP contribution in [-0.4, -0.2) is 21.5 Å². The molecule has 6 heteroatoms. The highest BCUT2D eigenvalue weighted by atomic mass is 16.2. The van der Waals surface area contributed by atoms with E-state index in [2.05, 4.69) is 10.3 Å².